The summed E-state index contributed by atoms with van der Waals surface area (Å²) in [5, 5.41) is 15.1. The summed E-state index contributed by atoms with van der Waals surface area (Å²) in [5.41, 5.74) is 1.50. The molecule has 0 aliphatic carbocycles. The summed E-state index contributed by atoms with van der Waals surface area (Å²) >= 11 is 0. The molecule has 1 amide bonds. The van der Waals surface area contributed by atoms with E-state index in [0.29, 0.717) is 18.7 Å². The second-order valence-electron chi connectivity index (χ2n) is 4.98. The summed E-state index contributed by atoms with van der Waals surface area (Å²) in [4.78, 5) is 11.8. The lowest BCUT2D eigenvalue weighted by Crippen LogP contribution is -2.33. The van der Waals surface area contributed by atoms with Crippen LogP contribution in [0.3, 0.4) is 0 Å². The molecule has 110 valence electrons. The number of hydrogen-bond donors (Lipinski definition) is 3. The maximum atomic E-state index is 11.8. The van der Waals surface area contributed by atoms with Crippen molar-refractivity contribution in [3.05, 3.63) is 29.8 Å². The van der Waals surface area contributed by atoms with E-state index in [1.165, 1.54) is 0 Å². The van der Waals surface area contributed by atoms with E-state index >= 15 is 0 Å². The number of hydrogen-bond acceptors (Lipinski definition) is 4. The Hall–Kier alpha value is -1.43. The third-order valence-electron chi connectivity index (χ3n) is 3.36. The van der Waals surface area contributed by atoms with Crippen LogP contribution in [-0.4, -0.2) is 36.8 Å². The number of aliphatic hydroxyl groups excluding tert-OH is 1. The van der Waals surface area contributed by atoms with Gasteiger partial charge in [0.25, 0.3) is 0 Å². The van der Waals surface area contributed by atoms with Crippen molar-refractivity contribution in [2.75, 3.05) is 25.0 Å². The average Bonchev–Trinajstić information content (AvgIpc) is 2.48. The van der Waals surface area contributed by atoms with Gasteiger partial charge in [-0.3, -0.25) is 4.79 Å². The highest BCUT2D eigenvalue weighted by Gasteiger charge is 2.13. The third-order valence-corrected chi connectivity index (χ3v) is 3.36. The van der Waals surface area contributed by atoms with Crippen molar-refractivity contribution in [1.29, 1.82) is 0 Å². The van der Waals surface area contributed by atoms with E-state index in [4.69, 9.17) is 9.84 Å². The standard InChI is InChI=1S/C15H22N2O3/c18-11-12-2-1-3-13(10-12)17-15(19)6-9-20-14-4-7-16-8-5-14/h1-3,10,14,16,18H,4-9,11H2,(H,17,19). The smallest absolute Gasteiger partial charge is 0.226 e. The van der Waals surface area contributed by atoms with Gasteiger partial charge in [-0.25, -0.2) is 0 Å². The fraction of sp³-hybridized carbons (Fsp3) is 0.533. The van der Waals surface area contributed by atoms with Crippen LogP contribution in [0.5, 0.6) is 0 Å². The highest BCUT2D eigenvalue weighted by molar-refractivity contribution is 5.90. The molecule has 1 saturated heterocycles. The molecule has 1 fully saturated rings. The minimum Gasteiger partial charge on any atom is -0.392 e. The molecular formula is C15H22N2O3. The third kappa shape index (κ3) is 4.92. The molecule has 2 rings (SSSR count). The number of nitrogens with one attached hydrogen (secondary N) is 2. The monoisotopic (exact) mass is 278 g/mol. The van der Waals surface area contributed by atoms with Crippen LogP contribution in [0.4, 0.5) is 5.69 Å². The normalized spacial score (nSPS) is 16.1. The van der Waals surface area contributed by atoms with Crippen LogP contribution in [0.15, 0.2) is 24.3 Å². The molecule has 1 aliphatic rings. The van der Waals surface area contributed by atoms with Crippen molar-refractivity contribution in [1.82, 2.24) is 5.32 Å². The Morgan fingerprint density at radius 3 is 2.95 bits per heavy atom. The molecule has 1 aliphatic heterocycles. The van der Waals surface area contributed by atoms with Gasteiger partial charge in [-0.05, 0) is 43.6 Å². The van der Waals surface area contributed by atoms with Gasteiger partial charge in [0.1, 0.15) is 0 Å². The van der Waals surface area contributed by atoms with Gasteiger partial charge in [-0.15, -0.1) is 0 Å². The molecule has 0 saturated carbocycles. The molecule has 0 unspecified atom stereocenters. The SMILES string of the molecule is O=C(CCOC1CCNCC1)Nc1cccc(CO)c1. The number of carbonyl (C=O) groups is 1. The number of rotatable bonds is 6. The molecule has 1 aromatic carbocycles. The molecule has 1 heterocycles. The van der Waals surface area contributed by atoms with E-state index in [0.717, 1.165) is 31.5 Å². The van der Waals surface area contributed by atoms with Gasteiger partial charge < -0.3 is 20.5 Å². The fourth-order valence-electron chi connectivity index (χ4n) is 2.25. The van der Waals surface area contributed by atoms with Crippen molar-refractivity contribution in [3.8, 4) is 0 Å². The van der Waals surface area contributed by atoms with Crippen LogP contribution < -0.4 is 10.6 Å². The van der Waals surface area contributed by atoms with Crippen LogP contribution >= 0.6 is 0 Å². The molecule has 0 bridgehead atoms. The van der Waals surface area contributed by atoms with Gasteiger partial charge in [-0.1, -0.05) is 12.1 Å². The van der Waals surface area contributed by atoms with Crippen LogP contribution in [-0.2, 0) is 16.1 Å². The number of ether oxygens (including phenoxy) is 1. The van der Waals surface area contributed by atoms with Crippen molar-refractivity contribution in [2.24, 2.45) is 0 Å². The minimum atomic E-state index is -0.0611. The zero-order valence-electron chi connectivity index (χ0n) is 11.6. The molecule has 0 radical (unpaired) electrons. The molecule has 0 aromatic heterocycles. The lowest BCUT2D eigenvalue weighted by Gasteiger charge is -2.22. The molecule has 0 atom stereocenters. The van der Waals surface area contributed by atoms with E-state index in [9.17, 15) is 4.79 Å². The first-order valence-corrected chi connectivity index (χ1v) is 7.10. The first-order chi connectivity index (χ1) is 9.78. The van der Waals surface area contributed by atoms with Crippen molar-refractivity contribution >= 4 is 11.6 Å². The largest absolute Gasteiger partial charge is 0.392 e. The van der Waals surface area contributed by atoms with E-state index in [2.05, 4.69) is 10.6 Å². The summed E-state index contributed by atoms with van der Waals surface area (Å²) in [6.45, 7) is 2.41. The predicted molar refractivity (Wildman–Crippen MR) is 77.5 cm³/mol. The Balaban J connectivity index is 1.69. The summed E-state index contributed by atoms with van der Waals surface area (Å²) < 4.78 is 5.70. The lowest BCUT2D eigenvalue weighted by atomic mass is 10.1. The number of carbonyl (C=O) groups excluding carboxylic acids is 1. The van der Waals surface area contributed by atoms with Gasteiger partial charge in [0, 0.05) is 5.69 Å². The van der Waals surface area contributed by atoms with E-state index in [-0.39, 0.29) is 18.6 Å². The molecular weight excluding hydrogens is 256 g/mol. The van der Waals surface area contributed by atoms with E-state index in [1.807, 2.05) is 18.2 Å². The van der Waals surface area contributed by atoms with Crippen LogP contribution in [0.2, 0.25) is 0 Å². The van der Waals surface area contributed by atoms with Crippen molar-refractivity contribution in [2.45, 2.75) is 32.0 Å². The molecule has 3 N–H and O–H groups in total. The Kier molecular flexibility index (Phi) is 5.98. The maximum Gasteiger partial charge on any atom is 0.226 e. The zero-order valence-corrected chi connectivity index (χ0v) is 11.6. The number of amides is 1. The Morgan fingerprint density at radius 2 is 2.20 bits per heavy atom. The van der Waals surface area contributed by atoms with Crippen LogP contribution in [0.1, 0.15) is 24.8 Å². The number of benzene rings is 1. The van der Waals surface area contributed by atoms with Gasteiger partial charge >= 0.3 is 0 Å². The summed E-state index contributed by atoms with van der Waals surface area (Å²) in [6, 6.07) is 7.21. The average molecular weight is 278 g/mol. The molecule has 5 nitrogen and oxygen atoms in total. The van der Waals surface area contributed by atoms with E-state index in [1.54, 1.807) is 6.07 Å². The summed E-state index contributed by atoms with van der Waals surface area (Å²) in [6.07, 6.45) is 2.66. The Morgan fingerprint density at radius 1 is 1.40 bits per heavy atom. The second kappa shape index (κ2) is 7.99. The first-order valence-electron chi connectivity index (χ1n) is 7.10. The van der Waals surface area contributed by atoms with Crippen LogP contribution in [0, 0.1) is 0 Å². The summed E-state index contributed by atoms with van der Waals surface area (Å²) in [7, 11) is 0. The fourth-order valence-corrected chi connectivity index (χ4v) is 2.25. The van der Waals surface area contributed by atoms with Crippen molar-refractivity contribution in [3.63, 3.8) is 0 Å². The Bertz CT molecular complexity index is 431. The minimum absolute atomic E-state index is 0.0253. The highest BCUT2D eigenvalue weighted by atomic mass is 16.5. The number of aliphatic hydroxyl groups is 1. The van der Waals surface area contributed by atoms with Gasteiger partial charge in [0.2, 0.25) is 5.91 Å². The van der Waals surface area contributed by atoms with Crippen LogP contribution in [0.25, 0.3) is 0 Å². The maximum absolute atomic E-state index is 11.8. The highest BCUT2D eigenvalue weighted by Crippen LogP contribution is 2.11. The van der Waals surface area contributed by atoms with Gasteiger partial charge in [0.05, 0.1) is 25.7 Å². The molecule has 1 aromatic rings. The number of anilines is 1. The summed E-state index contributed by atoms with van der Waals surface area (Å²) in [5.74, 6) is -0.0611. The number of piperidine rings is 1. The van der Waals surface area contributed by atoms with E-state index < -0.39 is 0 Å². The lowest BCUT2D eigenvalue weighted by molar-refractivity contribution is -0.117. The topological polar surface area (TPSA) is 70.6 Å². The van der Waals surface area contributed by atoms with Gasteiger partial charge in [-0.2, -0.15) is 0 Å². The molecule has 5 heteroatoms. The molecule has 0 spiro atoms. The predicted octanol–water partition coefficient (Wildman–Crippen LogP) is 1.28. The second-order valence-corrected chi connectivity index (χ2v) is 4.98. The van der Waals surface area contributed by atoms with Crippen molar-refractivity contribution < 1.29 is 14.6 Å². The van der Waals surface area contributed by atoms with Gasteiger partial charge in [0.15, 0.2) is 0 Å². The first kappa shape index (κ1) is 15.0. The Labute approximate surface area is 119 Å². The molecule has 20 heavy (non-hydrogen) atoms. The zero-order chi connectivity index (χ0) is 14.2. The quantitative estimate of drug-likeness (QED) is 0.733.